The molecule has 1 aliphatic carbocycles. The van der Waals surface area contributed by atoms with Gasteiger partial charge in [-0.15, -0.1) is 0 Å². The molecular formula is C19H18FNO4S. The normalized spacial score (nSPS) is 15.8. The molecule has 7 heteroatoms. The molecule has 0 aromatic heterocycles. The van der Waals surface area contributed by atoms with Crippen LogP contribution in [0.1, 0.15) is 42.1 Å². The van der Waals surface area contributed by atoms with Gasteiger partial charge in [-0.1, -0.05) is 30.7 Å². The number of benzene rings is 2. The van der Waals surface area contributed by atoms with E-state index in [1.807, 2.05) is 0 Å². The summed E-state index contributed by atoms with van der Waals surface area (Å²) in [6, 6.07) is 11.1. The lowest BCUT2D eigenvalue weighted by atomic mass is 9.64. The number of carbonyl (C=O) groups is 2. The molecule has 2 aromatic rings. The van der Waals surface area contributed by atoms with Crippen molar-refractivity contribution in [2.24, 2.45) is 0 Å². The largest absolute Gasteiger partial charge is 0.295 e. The third-order valence-corrected chi connectivity index (χ3v) is 6.15. The Morgan fingerprint density at radius 1 is 1.08 bits per heavy atom. The highest BCUT2D eigenvalue weighted by atomic mass is 32.2. The standard InChI is InChI=1S/C19H18FNO4S/c1-13(22)14-4-2-5-17(12-14)26(24,25)21-18(23)19(10-3-11-19)15-6-8-16(20)9-7-15/h2,4-9,12H,3,10-11H2,1H3,(H,21,23). The van der Waals surface area contributed by atoms with Crippen molar-refractivity contribution in [2.75, 3.05) is 0 Å². The molecule has 0 bridgehead atoms. The lowest BCUT2D eigenvalue weighted by molar-refractivity contribution is -0.128. The van der Waals surface area contributed by atoms with Crippen LogP contribution in [0, 0.1) is 5.82 Å². The zero-order chi connectivity index (χ0) is 18.9. The molecule has 3 rings (SSSR count). The van der Waals surface area contributed by atoms with Gasteiger partial charge in [-0.3, -0.25) is 9.59 Å². The average molecular weight is 375 g/mol. The molecule has 0 aliphatic heterocycles. The molecule has 0 unspecified atom stereocenters. The quantitative estimate of drug-likeness (QED) is 0.815. The van der Waals surface area contributed by atoms with Crippen molar-refractivity contribution in [2.45, 2.75) is 36.5 Å². The number of carbonyl (C=O) groups excluding carboxylic acids is 2. The third kappa shape index (κ3) is 3.26. The van der Waals surface area contributed by atoms with Crippen molar-refractivity contribution in [3.63, 3.8) is 0 Å². The molecule has 2 aromatic carbocycles. The molecule has 1 fully saturated rings. The molecule has 1 amide bonds. The van der Waals surface area contributed by atoms with Gasteiger partial charge in [0, 0.05) is 5.56 Å². The molecule has 26 heavy (non-hydrogen) atoms. The Morgan fingerprint density at radius 3 is 2.27 bits per heavy atom. The highest BCUT2D eigenvalue weighted by Gasteiger charge is 2.47. The van der Waals surface area contributed by atoms with E-state index >= 15 is 0 Å². The van der Waals surface area contributed by atoms with Gasteiger partial charge in [0.1, 0.15) is 5.82 Å². The second-order valence-electron chi connectivity index (χ2n) is 6.46. The summed E-state index contributed by atoms with van der Waals surface area (Å²) >= 11 is 0. The van der Waals surface area contributed by atoms with Crippen LogP contribution in [0.15, 0.2) is 53.4 Å². The Labute approximate surface area is 151 Å². The summed E-state index contributed by atoms with van der Waals surface area (Å²) in [5, 5.41) is 0. The predicted octanol–water partition coefficient (Wildman–Crippen LogP) is 2.96. The van der Waals surface area contributed by atoms with Gasteiger partial charge in [0.25, 0.3) is 10.0 Å². The fraction of sp³-hybridized carbons (Fsp3) is 0.263. The molecule has 1 N–H and O–H groups in total. The average Bonchev–Trinajstić information content (AvgIpc) is 2.55. The van der Waals surface area contributed by atoms with E-state index in [0.29, 0.717) is 18.4 Å². The SMILES string of the molecule is CC(=O)c1cccc(S(=O)(=O)NC(=O)C2(c3ccc(F)cc3)CCC2)c1. The van der Waals surface area contributed by atoms with Crippen molar-refractivity contribution < 1.29 is 22.4 Å². The maximum absolute atomic E-state index is 13.2. The number of hydrogen-bond donors (Lipinski definition) is 1. The highest BCUT2D eigenvalue weighted by Crippen LogP contribution is 2.44. The van der Waals surface area contributed by atoms with E-state index in [1.54, 1.807) is 0 Å². The van der Waals surface area contributed by atoms with Crippen LogP contribution in [0.4, 0.5) is 4.39 Å². The monoisotopic (exact) mass is 375 g/mol. The Kier molecular flexibility index (Phi) is 4.66. The Morgan fingerprint density at radius 2 is 1.73 bits per heavy atom. The summed E-state index contributed by atoms with van der Waals surface area (Å²) in [7, 11) is -4.12. The fourth-order valence-electron chi connectivity index (χ4n) is 3.11. The van der Waals surface area contributed by atoms with Gasteiger partial charge in [0.2, 0.25) is 5.91 Å². The number of amides is 1. The predicted molar refractivity (Wildman–Crippen MR) is 93.7 cm³/mol. The summed E-state index contributed by atoms with van der Waals surface area (Å²) < 4.78 is 40.5. The highest BCUT2D eigenvalue weighted by molar-refractivity contribution is 7.90. The van der Waals surface area contributed by atoms with Gasteiger partial charge in [0.15, 0.2) is 5.78 Å². The van der Waals surface area contributed by atoms with E-state index in [4.69, 9.17) is 0 Å². The Balaban J connectivity index is 1.89. The first-order chi connectivity index (χ1) is 12.2. The number of halogens is 1. The molecular weight excluding hydrogens is 357 g/mol. The summed E-state index contributed by atoms with van der Waals surface area (Å²) in [6.07, 6.45) is 1.77. The molecule has 0 atom stereocenters. The van der Waals surface area contributed by atoms with E-state index in [-0.39, 0.29) is 16.2 Å². The summed E-state index contributed by atoms with van der Waals surface area (Å²) in [5.41, 5.74) is -0.133. The maximum atomic E-state index is 13.2. The maximum Gasteiger partial charge on any atom is 0.264 e. The minimum atomic E-state index is -4.12. The molecule has 0 heterocycles. The molecule has 1 aliphatic rings. The number of hydrogen-bond acceptors (Lipinski definition) is 4. The topological polar surface area (TPSA) is 80.3 Å². The smallest absolute Gasteiger partial charge is 0.264 e. The van der Waals surface area contributed by atoms with Crippen LogP contribution in [-0.2, 0) is 20.2 Å². The van der Waals surface area contributed by atoms with Crippen molar-refractivity contribution in [1.82, 2.24) is 4.72 Å². The molecule has 136 valence electrons. The van der Waals surface area contributed by atoms with Crippen molar-refractivity contribution >= 4 is 21.7 Å². The first-order valence-corrected chi connectivity index (χ1v) is 9.67. The number of sulfonamides is 1. The lowest BCUT2D eigenvalue weighted by Gasteiger charge is -2.40. The van der Waals surface area contributed by atoms with Crippen LogP contribution in [0.2, 0.25) is 0 Å². The van der Waals surface area contributed by atoms with E-state index in [2.05, 4.69) is 4.72 Å². The Bertz CT molecular complexity index is 963. The Hall–Kier alpha value is -2.54. The number of Topliss-reactive ketones (excluding diaryl/α,β-unsaturated/α-hetero) is 1. The molecule has 1 saturated carbocycles. The summed E-state index contributed by atoms with van der Waals surface area (Å²) in [6.45, 7) is 1.34. The third-order valence-electron chi connectivity index (χ3n) is 4.82. The van der Waals surface area contributed by atoms with E-state index in [0.717, 1.165) is 6.42 Å². The van der Waals surface area contributed by atoms with Gasteiger partial charge < -0.3 is 0 Å². The second-order valence-corrected chi connectivity index (χ2v) is 8.14. The van der Waals surface area contributed by atoms with Crippen LogP contribution in [0.25, 0.3) is 0 Å². The van der Waals surface area contributed by atoms with Gasteiger partial charge in [0.05, 0.1) is 10.3 Å². The first kappa shape index (κ1) is 18.3. The number of ketones is 1. The molecule has 5 nitrogen and oxygen atoms in total. The van der Waals surface area contributed by atoms with E-state index in [1.165, 1.54) is 55.5 Å². The van der Waals surface area contributed by atoms with Crippen molar-refractivity contribution in [3.05, 3.63) is 65.5 Å². The fourth-order valence-corrected chi connectivity index (χ4v) is 4.20. The molecule has 0 saturated heterocycles. The lowest BCUT2D eigenvalue weighted by Crippen LogP contribution is -2.50. The van der Waals surface area contributed by atoms with Gasteiger partial charge >= 0.3 is 0 Å². The van der Waals surface area contributed by atoms with Crippen LogP contribution >= 0.6 is 0 Å². The van der Waals surface area contributed by atoms with Crippen LogP contribution in [0.5, 0.6) is 0 Å². The summed E-state index contributed by atoms with van der Waals surface area (Å²) in [4.78, 5) is 24.1. The second kappa shape index (κ2) is 6.64. The van der Waals surface area contributed by atoms with Crippen LogP contribution in [0.3, 0.4) is 0 Å². The zero-order valence-electron chi connectivity index (χ0n) is 14.2. The van der Waals surface area contributed by atoms with Crippen LogP contribution in [-0.4, -0.2) is 20.1 Å². The van der Waals surface area contributed by atoms with Gasteiger partial charge in [-0.25, -0.2) is 17.5 Å². The van der Waals surface area contributed by atoms with Gasteiger partial charge in [-0.05, 0) is 49.6 Å². The zero-order valence-corrected chi connectivity index (χ0v) is 15.0. The summed E-state index contributed by atoms with van der Waals surface area (Å²) in [5.74, 6) is -1.32. The van der Waals surface area contributed by atoms with E-state index < -0.39 is 27.2 Å². The van der Waals surface area contributed by atoms with Crippen LogP contribution < -0.4 is 4.72 Å². The number of rotatable bonds is 5. The molecule has 0 spiro atoms. The molecule has 0 radical (unpaired) electrons. The first-order valence-electron chi connectivity index (χ1n) is 8.19. The van der Waals surface area contributed by atoms with Gasteiger partial charge in [-0.2, -0.15) is 0 Å². The minimum absolute atomic E-state index is 0.146. The van der Waals surface area contributed by atoms with E-state index in [9.17, 15) is 22.4 Å². The van der Waals surface area contributed by atoms with Crippen molar-refractivity contribution in [3.8, 4) is 0 Å². The van der Waals surface area contributed by atoms with Crippen molar-refractivity contribution in [1.29, 1.82) is 0 Å². The minimum Gasteiger partial charge on any atom is -0.295 e. The number of nitrogens with one attached hydrogen (secondary N) is 1.